The van der Waals surface area contributed by atoms with Crippen LogP contribution in [0.2, 0.25) is 0 Å². The Labute approximate surface area is 155 Å². The molecule has 1 amide bonds. The Morgan fingerprint density at radius 3 is 2.54 bits per heavy atom. The van der Waals surface area contributed by atoms with E-state index < -0.39 is 0 Å². The average Bonchev–Trinajstić information content (AvgIpc) is 2.67. The summed E-state index contributed by atoms with van der Waals surface area (Å²) in [4.78, 5) is 23.6. The summed E-state index contributed by atoms with van der Waals surface area (Å²) in [5, 5.41) is 6.05. The first-order valence-electron chi connectivity index (χ1n) is 9.41. The van der Waals surface area contributed by atoms with Gasteiger partial charge < -0.3 is 15.5 Å². The first kappa shape index (κ1) is 18.2. The van der Waals surface area contributed by atoms with Gasteiger partial charge in [-0.15, -0.1) is 0 Å². The topological polar surface area (TPSA) is 70.2 Å². The Morgan fingerprint density at radius 1 is 1.12 bits per heavy atom. The van der Waals surface area contributed by atoms with E-state index in [1.807, 2.05) is 19.1 Å². The molecule has 1 aromatic heterocycles. The summed E-state index contributed by atoms with van der Waals surface area (Å²) in [6.07, 6.45) is 4.79. The van der Waals surface area contributed by atoms with Crippen LogP contribution < -0.4 is 15.5 Å². The molecular formula is C20H27N5O. The lowest BCUT2D eigenvalue weighted by Gasteiger charge is -2.28. The average molecular weight is 353 g/mol. The molecule has 138 valence electrons. The smallest absolute Gasteiger partial charge is 0.274 e. The minimum Gasteiger partial charge on any atom is -0.372 e. The molecule has 6 heteroatoms. The highest BCUT2D eigenvalue weighted by molar-refractivity contribution is 6.03. The predicted molar refractivity (Wildman–Crippen MR) is 106 cm³/mol. The fraction of sp³-hybridized carbons (Fsp3) is 0.450. The predicted octanol–water partition coefficient (Wildman–Crippen LogP) is 3.85. The molecule has 2 N–H and O–H groups in total. The van der Waals surface area contributed by atoms with Crippen LogP contribution in [0, 0.1) is 6.92 Å². The Hall–Kier alpha value is -2.63. The van der Waals surface area contributed by atoms with E-state index in [-0.39, 0.29) is 5.91 Å². The summed E-state index contributed by atoms with van der Waals surface area (Å²) in [5.41, 5.74) is 3.13. The second-order valence-corrected chi connectivity index (χ2v) is 6.69. The number of aromatic nitrogens is 2. The van der Waals surface area contributed by atoms with Gasteiger partial charge in [0.15, 0.2) is 0 Å². The van der Waals surface area contributed by atoms with E-state index >= 15 is 0 Å². The van der Waals surface area contributed by atoms with Crippen LogP contribution in [-0.2, 0) is 0 Å². The van der Waals surface area contributed by atoms with Crippen LogP contribution in [0.5, 0.6) is 0 Å². The van der Waals surface area contributed by atoms with Crippen molar-refractivity contribution in [2.75, 3.05) is 35.2 Å². The Bertz CT molecular complexity index is 738. The summed E-state index contributed by atoms with van der Waals surface area (Å²) in [5.74, 6) is 0.276. The number of piperidine rings is 1. The van der Waals surface area contributed by atoms with E-state index in [2.05, 4.69) is 44.6 Å². The third-order valence-electron chi connectivity index (χ3n) is 4.47. The number of benzene rings is 1. The summed E-state index contributed by atoms with van der Waals surface area (Å²) >= 11 is 0. The summed E-state index contributed by atoms with van der Waals surface area (Å²) < 4.78 is 0. The number of amides is 1. The number of anilines is 3. The van der Waals surface area contributed by atoms with Gasteiger partial charge in [-0.1, -0.05) is 6.92 Å². The fourth-order valence-electron chi connectivity index (χ4n) is 3.10. The number of aryl methyl sites for hydroxylation is 1. The number of hydrogen-bond donors (Lipinski definition) is 2. The highest BCUT2D eigenvalue weighted by Gasteiger charge is 2.13. The monoisotopic (exact) mass is 353 g/mol. The van der Waals surface area contributed by atoms with Crippen LogP contribution in [0.25, 0.3) is 0 Å². The van der Waals surface area contributed by atoms with E-state index in [0.29, 0.717) is 11.6 Å². The standard InChI is InChI=1S/C20H27N5O/c1-3-11-21-20-22-15(2)14-18(24-20)19(26)23-16-7-9-17(10-8-16)25-12-5-4-6-13-25/h7-10,14H,3-6,11-13H2,1-2H3,(H,23,26)(H,21,22,24). The van der Waals surface area contributed by atoms with E-state index in [1.54, 1.807) is 6.07 Å². The first-order valence-corrected chi connectivity index (χ1v) is 9.41. The van der Waals surface area contributed by atoms with Gasteiger partial charge in [-0.2, -0.15) is 0 Å². The minimum atomic E-state index is -0.222. The highest BCUT2D eigenvalue weighted by atomic mass is 16.1. The third kappa shape index (κ3) is 4.71. The number of rotatable bonds is 6. The molecule has 0 radical (unpaired) electrons. The molecule has 0 saturated carbocycles. The SMILES string of the molecule is CCCNc1nc(C)cc(C(=O)Nc2ccc(N3CCCCC3)cc2)n1. The van der Waals surface area contributed by atoms with E-state index in [0.717, 1.165) is 37.4 Å². The normalized spacial score (nSPS) is 14.2. The molecule has 0 aliphatic carbocycles. The zero-order valence-corrected chi connectivity index (χ0v) is 15.6. The van der Waals surface area contributed by atoms with Crippen molar-refractivity contribution in [2.45, 2.75) is 39.5 Å². The molecule has 1 aliphatic rings. The number of hydrogen-bond acceptors (Lipinski definition) is 5. The minimum absolute atomic E-state index is 0.222. The van der Waals surface area contributed by atoms with Crippen molar-refractivity contribution in [3.05, 3.63) is 41.7 Å². The van der Waals surface area contributed by atoms with Crippen molar-refractivity contribution in [3.8, 4) is 0 Å². The molecule has 0 atom stereocenters. The molecule has 0 unspecified atom stereocenters. The lowest BCUT2D eigenvalue weighted by atomic mass is 10.1. The van der Waals surface area contributed by atoms with Gasteiger partial charge in [-0.25, -0.2) is 9.97 Å². The van der Waals surface area contributed by atoms with E-state index in [1.165, 1.54) is 24.9 Å². The molecule has 2 aromatic rings. The maximum atomic E-state index is 12.5. The molecule has 1 fully saturated rings. The van der Waals surface area contributed by atoms with Crippen LogP contribution in [0.3, 0.4) is 0 Å². The van der Waals surface area contributed by atoms with Crippen LogP contribution >= 0.6 is 0 Å². The van der Waals surface area contributed by atoms with Gasteiger partial charge in [0.1, 0.15) is 5.69 Å². The van der Waals surface area contributed by atoms with Crippen molar-refractivity contribution < 1.29 is 4.79 Å². The van der Waals surface area contributed by atoms with Crippen LogP contribution in [0.4, 0.5) is 17.3 Å². The lowest BCUT2D eigenvalue weighted by molar-refractivity contribution is 0.102. The molecule has 1 aliphatic heterocycles. The van der Waals surface area contributed by atoms with Crippen LogP contribution in [-0.4, -0.2) is 35.5 Å². The maximum Gasteiger partial charge on any atom is 0.274 e. The second kappa shape index (κ2) is 8.65. The first-order chi connectivity index (χ1) is 12.7. The van der Waals surface area contributed by atoms with Crippen molar-refractivity contribution in [1.82, 2.24) is 9.97 Å². The van der Waals surface area contributed by atoms with Gasteiger partial charge in [-0.3, -0.25) is 4.79 Å². The zero-order chi connectivity index (χ0) is 18.4. The Balaban J connectivity index is 1.66. The molecule has 0 spiro atoms. The molecule has 1 saturated heterocycles. The number of nitrogens with zero attached hydrogens (tertiary/aromatic N) is 3. The lowest BCUT2D eigenvalue weighted by Crippen LogP contribution is -2.29. The van der Waals surface area contributed by atoms with Gasteiger partial charge in [0.25, 0.3) is 5.91 Å². The maximum absolute atomic E-state index is 12.5. The summed E-state index contributed by atoms with van der Waals surface area (Å²) in [7, 11) is 0. The highest BCUT2D eigenvalue weighted by Crippen LogP contribution is 2.22. The molecule has 3 rings (SSSR count). The van der Waals surface area contributed by atoms with Crippen molar-refractivity contribution in [1.29, 1.82) is 0 Å². The molecular weight excluding hydrogens is 326 g/mol. The van der Waals surface area contributed by atoms with Crippen molar-refractivity contribution in [3.63, 3.8) is 0 Å². The largest absolute Gasteiger partial charge is 0.372 e. The molecule has 26 heavy (non-hydrogen) atoms. The molecule has 0 bridgehead atoms. The second-order valence-electron chi connectivity index (χ2n) is 6.69. The van der Waals surface area contributed by atoms with Crippen molar-refractivity contribution >= 4 is 23.2 Å². The third-order valence-corrected chi connectivity index (χ3v) is 4.47. The van der Waals surface area contributed by atoms with Gasteiger partial charge in [0, 0.05) is 36.7 Å². The van der Waals surface area contributed by atoms with Gasteiger partial charge >= 0.3 is 0 Å². The van der Waals surface area contributed by atoms with E-state index in [4.69, 9.17) is 0 Å². The Morgan fingerprint density at radius 2 is 1.85 bits per heavy atom. The number of carbonyl (C=O) groups is 1. The Kier molecular flexibility index (Phi) is 6.04. The summed E-state index contributed by atoms with van der Waals surface area (Å²) in [6.45, 7) is 6.94. The summed E-state index contributed by atoms with van der Waals surface area (Å²) in [6, 6.07) is 9.74. The zero-order valence-electron chi connectivity index (χ0n) is 15.6. The van der Waals surface area contributed by atoms with Gasteiger partial charge in [0.2, 0.25) is 5.95 Å². The van der Waals surface area contributed by atoms with Crippen LogP contribution in [0.15, 0.2) is 30.3 Å². The number of nitrogens with one attached hydrogen (secondary N) is 2. The van der Waals surface area contributed by atoms with Crippen molar-refractivity contribution in [2.24, 2.45) is 0 Å². The number of carbonyl (C=O) groups excluding carboxylic acids is 1. The fourth-order valence-corrected chi connectivity index (χ4v) is 3.10. The quantitative estimate of drug-likeness (QED) is 0.825. The van der Waals surface area contributed by atoms with E-state index in [9.17, 15) is 4.79 Å². The molecule has 1 aromatic carbocycles. The van der Waals surface area contributed by atoms with Gasteiger partial charge in [-0.05, 0) is 62.9 Å². The molecule has 2 heterocycles. The van der Waals surface area contributed by atoms with Gasteiger partial charge in [0.05, 0.1) is 0 Å². The van der Waals surface area contributed by atoms with Crippen LogP contribution in [0.1, 0.15) is 48.8 Å². The molecule has 6 nitrogen and oxygen atoms in total.